The number of halogens is 2. The van der Waals surface area contributed by atoms with Crippen LogP contribution in [-0.2, 0) is 18.1 Å². The van der Waals surface area contributed by atoms with E-state index in [1.165, 1.54) is 0 Å². The predicted molar refractivity (Wildman–Crippen MR) is 131 cm³/mol. The molecule has 148 valence electrons. The van der Waals surface area contributed by atoms with Crippen molar-refractivity contribution in [3.8, 4) is 17.9 Å². The van der Waals surface area contributed by atoms with Crippen molar-refractivity contribution in [3.05, 3.63) is 95.6 Å². The smallest absolute Gasteiger partial charge is 0.143 e. The number of nitrogens with zero attached hydrogens (tertiary/aromatic N) is 3. The van der Waals surface area contributed by atoms with Gasteiger partial charge in [-0.25, -0.2) is 0 Å². The molecule has 0 N–H and O–H groups in total. The summed E-state index contributed by atoms with van der Waals surface area (Å²) in [6.45, 7) is 0.477. The van der Waals surface area contributed by atoms with Gasteiger partial charge in [-0.1, -0.05) is 41.6 Å². The largest absolute Gasteiger partial charge is 0.487 e. The normalized spacial score (nSPS) is 10.4. The minimum Gasteiger partial charge on any atom is -0.487 e. The lowest BCUT2D eigenvalue weighted by molar-refractivity contribution is 0.132. The molecule has 3 aromatic carbocycles. The zero-order chi connectivity index (χ0) is 21.3. The summed E-state index contributed by atoms with van der Waals surface area (Å²) in [7, 11) is 0. The van der Waals surface area contributed by atoms with Crippen molar-refractivity contribution in [1.82, 2.24) is 0 Å². The molecule has 0 heterocycles. The Labute approximate surface area is 202 Å². The number of benzene rings is 3. The molecule has 0 saturated heterocycles. The molecule has 0 aromatic heterocycles. The van der Waals surface area contributed by atoms with E-state index in [0.717, 1.165) is 23.8 Å². The van der Waals surface area contributed by atoms with Gasteiger partial charge in [-0.3, -0.25) is 0 Å². The standard InChI is InChI=1S/C23H15I2N3O2/c24-21-9-20(13-28-30-15-19-8-4-2-6-17(19)12-27)23(22(25)10-21)29-14-18-7-3-1-5-16(18)11-26/h1-10,13H,14-15H2/b28-13-. The Morgan fingerprint density at radius 3 is 2.10 bits per heavy atom. The van der Waals surface area contributed by atoms with Crippen LogP contribution < -0.4 is 4.74 Å². The lowest BCUT2D eigenvalue weighted by Crippen LogP contribution is -2.03. The highest BCUT2D eigenvalue weighted by molar-refractivity contribution is 14.1. The van der Waals surface area contributed by atoms with Crippen LogP contribution in [0.3, 0.4) is 0 Å². The summed E-state index contributed by atoms with van der Waals surface area (Å²) in [6.07, 6.45) is 1.60. The topological polar surface area (TPSA) is 78.4 Å². The van der Waals surface area contributed by atoms with Crippen molar-refractivity contribution < 1.29 is 9.57 Å². The molecule has 3 aromatic rings. The van der Waals surface area contributed by atoms with Crippen LogP contribution in [0.4, 0.5) is 0 Å². The second-order valence-electron chi connectivity index (χ2n) is 6.14. The third kappa shape index (κ3) is 5.71. The summed E-state index contributed by atoms with van der Waals surface area (Å²) in [5.74, 6) is 0.675. The number of nitriles is 2. The van der Waals surface area contributed by atoms with Gasteiger partial charge in [0.25, 0.3) is 0 Å². The zero-order valence-electron chi connectivity index (χ0n) is 15.7. The lowest BCUT2D eigenvalue weighted by Gasteiger charge is -2.13. The summed E-state index contributed by atoms with van der Waals surface area (Å²) in [5, 5.41) is 22.5. The van der Waals surface area contributed by atoms with Gasteiger partial charge in [0.1, 0.15) is 19.0 Å². The molecule has 0 fully saturated rings. The van der Waals surface area contributed by atoms with Gasteiger partial charge in [0.05, 0.1) is 33.1 Å². The Balaban J connectivity index is 1.75. The molecule has 30 heavy (non-hydrogen) atoms. The number of rotatable bonds is 7. The van der Waals surface area contributed by atoms with Crippen molar-refractivity contribution in [3.63, 3.8) is 0 Å². The zero-order valence-corrected chi connectivity index (χ0v) is 20.0. The monoisotopic (exact) mass is 619 g/mol. The first-order valence-electron chi connectivity index (χ1n) is 8.85. The molecule has 0 spiro atoms. The minimum absolute atomic E-state index is 0.201. The summed E-state index contributed by atoms with van der Waals surface area (Å²) in [4.78, 5) is 5.41. The average Bonchev–Trinajstić information content (AvgIpc) is 2.76. The average molecular weight is 619 g/mol. The summed E-state index contributed by atoms with van der Waals surface area (Å²) in [5.41, 5.74) is 3.53. The van der Waals surface area contributed by atoms with E-state index >= 15 is 0 Å². The Hall–Kier alpha value is -2.63. The lowest BCUT2D eigenvalue weighted by atomic mass is 10.1. The van der Waals surface area contributed by atoms with Gasteiger partial charge in [-0.05, 0) is 69.4 Å². The predicted octanol–water partition coefficient (Wildman–Crippen LogP) is 5.77. The van der Waals surface area contributed by atoms with Crippen LogP contribution in [0.5, 0.6) is 5.75 Å². The molecule has 0 radical (unpaired) electrons. The highest BCUT2D eigenvalue weighted by Crippen LogP contribution is 2.28. The fraction of sp³-hybridized carbons (Fsp3) is 0.0870. The van der Waals surface area contributed by atoms with E-state index in [9.17, 15) is 5.26 Å². The highest BCUT2D eigenvalue weighted by atomic mass is 127. The summed E-state index contributed by atoms with van der Waals surface area (Å²) >= 11 is 4.46. The third-order valence-corrected chi connectivity index (χ3v) is 5.60. The van der Waals surface area contributed by atoms with Gasteiger partial charge >= 0.3 is 0 Å². The molecule has 0 atom stereocenters. The van der Waals surface area contributed by atoms with Crippen LogP contribution in [-0.4, -0.2) is 6.21 Å². The Bertz CT molecular complexity index is 1160. The van der Waals surface area contributed by atoms with E-state index in [4.69, 9.17) is 14.8 Å². The van der Waals surface area contributed by atoms with Crippen LogP contribution in [0.2, 0.25) is 0 Å². The Morgan fingerprint density at radius 2 is 1.47 bits per heavy atom. The molecular formula is C23H15I2N3O2. The van der Waals surface area contributed by atoms with Gasteiger partial charge in [0.15, 0.2) is 0 Å². The van der Waals surface area contributed by atoms with Gasteiger partial charge < -0.3 is 9.57 Å². The maximum Gasteiger partial charge on any atom is 0.143 e. The van der Waals surface area contributed by atoms with Gasteiger partial charge in [0.2, 0.25) is 0 Å². The first-order valence-corrected chi connectivity index (χ1v) is 11.0. The third-order valence-electron chi connectivity index (χ3n) is 4.17. The minimum atomic E-state index is 0.201. The molecule has 0 unspecified atom stereocenters. The quantitative estimate of drug-likeness (QED) is 0.191. The van der Waals surface area contributed by atoms with Crippen LogP contribution in [0.15, 0.2) is 65.8 Å². The van der Waals surface area contributed by atoms with E-state index in [0.29, 0.717) is 16.9 Å². The van der Waals surface area contributed by atoms with E-state index in [2.05, 4.69) is 62.5 Å². The number of oxime groups is 1. The van der Waals surface area contributed by atoms with E-state index < -0.39 is 0 Å². The van der Waals surface area contributed by atoms with E-state index in [1.807, 2.05) is 48.5 Å². The second-order valence-corrected chi connectivity index (χ2v) is 8.55. The molecule has 0 amide bonds. The maximum absolute atomic E-state index is 9.27. The van der Waals surface area contributed by atoms with E-state index in [-0.39, 0.29) is 13.2 Å². The van der Waals surface area contributed by atoms with Crippen LogP contribution in [0, 0.1) is 29.8 Å². The van der Waals surface area contributed by atoms with Crippen LogP contribution >= 0.6 is 45.2 Å². The number of ether oxygens (including phenoxy) is 1. The van der Waals surface area contributed by atoms with Gasteiger partial charge in [-0.2, -0.15) is 10.5 Å². The van der Waals surface area contributed by atoms with Crippen LogP contribution in [0.25, 0.3) is 0 Å². The molecule has 0 saturated carbocycles. The maximum atomic E-state index is 9.27. The first kappa shape index (κ1) is 22.1. The second kappa shape index (κ2) is 11.0. The first-order chi connectivity index (χ1) is 14.6. The molecule has 5 nitrogen and oxygen atoms in total. The van der Waals surface area contributed by atoms with Crippen molar-refractivity contribution in [2.45, 2.75) is 13.2 Å². The van der Waals surface area contributed by atoms with Crippen molar-refractivity contribution in [2.75, 3.05) is 0 Å². The van der Waals surface area contributed by atoms with Gasteiger partial charge in [0, 0.05) is 20.3 Å². The fourth-order valence-corrected chi connectivity index (χ4v) is 4.74. The molecule has 3 rings (SSSR count). The van der Waals surface area contributed by atoms with Crippen LogP contribution in [0.1, 0.15) is 27.8 Å². The molecule has 0 bridgehead atoms. The molecular weight excluding hydrogens is 604 g/mol. The summed E-state index contributed by atoms with van der Waals surface area (Å²) in [6, 6.07) is 22.9. The van der Waals surface area contributed by atoms with Crippen molar-refractivity contribution in [1.29, 1.82) is 10.5 Å². The fourth-order valence-electron chi connectivity index (χ4n) is 2.69. The highest BCUT2D eigenvalue weighted by Gasteiger charge is 2.11. The number of hydrogen-bond donors (Lipinski definition) is 0. The van der Waals surface area contributed by atoms with Crippen molar-refractivity contribution in [2.24, 2.45) is 5.16 Å². The Morgan fingerprint density at radius 1 is 0.867 bits per heavy atom. The molecule has 0 aliphatic carbocycles. The summed E-state index contributed by atoms with van der Waals surface area (Å²) < 4.78 is 8.03. The van der Waals surface area contributed by atoms with Crippen molar-refractivity contribution >= 4 is 51.4 Å². The Kier molecular flexibility index (Phi) is 8.05. The SMILES string of the molecule is N#Cc1ccccc1CO/N=C\c1cc(I)cc(I)c1OCc1ccccc1C#N. The number of hydrogen-bond acceptors (Lipinski definition) is 5. The molecule has 0 aliphatic rings. The van der Waals surface area contributed by atoms with Gasteiger partial charge in [-0.15, -0.1) is 0 Å². The molecule has 7 heteroatoms. The van der Waals surface area contributed by atoms with E-state index in [1.54, 1.807) is 18.3 Å². The molecule has 0 aliphatic heterocycles.